The van der Waals surface area contributed by atoms with E-state index in [0.29, 0.717) is 11.3 Å². The normalized spacial score (nSPS) is 10.1. The van der Waals surface area contributed by atoms with Gasteiger partial charge in [-0.25, -0.2) is 4.39 Å². The van der Waals surface area contributed by atoms with Gasteiger partial charge < -0.3 is 10.3 Å². The second-order valence-corrected chi connectivity index (χ2v) is 3.86. The van der Waals surface area contributed by atoms with Crippen molar-refractivity contribution in [2.24, 2.45) is 0 Å². The molecular weight excluding hydrogens is 235 g/mol. The number of rotatable bonds is 2. The van der Waals surface area contributed by atoms with Crippen LogP contribution in [0.4, 0.5) is 10.1 Å². The maximum Gasteiger partial charge on any atom is 0.255 e. The lowest BCUT2D eigenvalue weighted by molar-refractivity contribution is 0.102. The van der Waals surface area contributed by atoms with E-state index >= 15 is 0 Å². The number of aryl methyl sites for hydroxylation is 1. The zero-order valence-electron chi connectivity index (χ0n) is 9.66. The first-order valence-electron chi connectivity index (χ1n) is 5.32. The van der Waals surface area contributed by atoms with E-state index in [0.717, 1.165) is 0 Å². The number of hydrogen-bond donors (Lipinski definition) is 2. The Labute approximate surface area is 102 Å². The third kappa shape index (κ3) is 2.63. The summed E-state index contributed by atoms with van der Waals surface area (Å²) >= 11 is 0. The molecule has 0 fully saturated rings. The van der Waals surface area contributed by atoms with Crippen LogP contribution in [-0.4, -0.2) is 10.9 Å². The highest BCUT2D eigenvalue weighted by atomic mass is 19.1. The van der Waals surface area contributed by atoms with Crippen molar-refractivity contribution in [2.45, 2.75) is 6.92 Å². The Kier molecular flexibility index (Phi) is 3.23. The van der Waals surface area contributed by atoms with Crippen molar-refractivity contribution in [3.63, 3.8) is 0 Å². The fourth-order valence-electron chi connectivity index (χ4n) is 1.51. The minimum absolute atomic E-state index is 0.251. The smallest absolute Gasteiger partial charge is 0.255 e. The Morgan fingerprint density at radius 3 is 2.72 bits per heavy atom. The second kappa shape index (κ2) is 4.83. The van der Waals surface area contributed by atoms with Crippen LogP contribution in [0.2, 0.25) is 0 Å². The van der Waals surface area contributed by atoms with Crippen molar-refractivity contribution in [1.29, 1.82) is 0 Å². The number of halogens is 1. The number of carbonyl (C=O) groups is 1. The maximum atomic E-state index is 13.1. The molecule has 92 valence electrons. The monoisotopic (exact) mass is 246 g/mol. The number of aromatic nitrogens is 1. The molecule has 0 radical (unpaired) electrons. The van der Waals surface area contributed by atoms with Crippen molar-refractivity contribution in [3.8, 4) is 0 Å². The van der Waals surface area contributed by atoms with Crippen LogP contribution in [0.5, 0.6) is 0 Å². The minimum atomic E-state index is -0.410. The molecule has 0 saturated heterocycles. The van der Waals surface area contributed by atoms with Crippen LogP contribution >= 0.6 is 0 Å². The van der Waals surface area contributed by atoms with E-state index in [-0.39, 0.29) is 16.9 Å². The van der Waals surface area contributed by atoms with Crippen molar-refractivity contribution in [1.82, 2.24) is 4.98 Å². The summed E-state index contributed by atoms with van der Waals surface area (Å²) < 4.78 is 13.1. The Bertz CT molecular complexity index is 649. The van der Waals surface area contributed by atoms with Gasteiger partial charge in [-0.2, -0.15) is 0 Å². The van der Waals surface area contributed by atoms with Gasteiger partial charge in [0.2, 0.25) is 5.56 Å². The Hall–Kier alpha value is -2.43. The summed E-state index contributed by atoms with van der Waals surface area (Å²) in [6, 6.07) is 6.97. The number of hydrogen-bond acceptors (Lipinski definition) is 2. The quantitative estimate of drug-likeness (QED) is 0.852. The zero-order valence-corrected chi connectivity index (χ0v) is 9.66. The van der Waals surface area contributed by atoms with Crippen molar-refractivity contribution >= 4 is 11.6 Å². The summed E-state index contributed by atoms with van der Waals surface area (Å²) in [4.78, 5) is 25.3. The lowest BCUT2D eigenvalue weighted by Gasteiger charge is -2.06. The van der Waals surface area contributed by atoms with Crippen LogP contribution in [0.15, 0.2) is 41.3 Å². The predicted molar refractivity (Wildman–Crippen MR) is 66.2 cm³/mol. The van der Waals surface area contributed by atoms with Gasteiger partial charge in [0.1, 0.15) is 5.82 Å². The van der Waals surface area contributed by atoms with E-state index in [1.807, 2.05) is 0 Å². The molecule has 1 aromatic carbocycles. The van der Waals surface area contributed by atoms with Gasteiger partial charge in [0, 0.05) is 23.5 Å². The minimum Gasteiger partial charge on any atom is -0.329 e. The lowest BCUT2D eigenvalue weighted by atomic mass is 10.2. The second-order valence-electron chi connectivity index (χ2n) is 3.86. The van der Waals surface area contributed by atoms with E-state index in [4.69, 9.17) is 0 Å². The third-order valence-electron chi connectivity index (χ3n) is 2.45. The number of nitrogens with one attached hydrogen (secondary N) is 2. The Morgan fingerprint density at radius 2 is 2.06 bits per heavy atom. The predicted octanol–water partition coefficient (Wildman–Crippen LogP) is 2.07. The van der Waals surface area contributed by atoms with E-state index < -0.39 is 5.91 Å². The van der Waals surface area contributed by atoms with E-state index in [9.17, 15) is 14.0 Å². The molecule has 0 aliphatic heterocycles. The lowest BCUT2D eigenvalue weighted by Crippen LogP contribution is -2.15. The molecule has 0 aliphatic rings. The van der Waals surface area contributed by atoms with E-state index in [1.165, 1.54) is 36.5 Å². The number of H-pyrrole nitrogens is 1. The average molecular weight is 246 g/mol. The highest BCUT2D eigenvalue weighted by molar-refractivity contribution is 6.04. The summed E-state index contributed by atoms with van der Waals surface area (Å²) in [5.41, 5.74) is 0.830. The highest BCUT2D eigenvalue weighted by Gasteiger charge is 2.07. The van der Waals surface area contributed by atoms with Crippen LogP contribution in [0.1, 0.15) is 15.9 Å². The molecule has 0 unspecified atom stereocenters. The van der Waals surface area contributed by atoms with Gasteiger partial charge in [-0.3, -0.25) is 9.59 Å². The van der Waals surface area contributed by atoms with Crippen molar-refractivity contribution in [3.05, 3.63) is 63.8 Å². The van der Waals surface area contributed by atoms with Crippen LogP contribution in [0.25, 0.3) is 0 Å². The molecule has 1 amide bonds. The number of anilines is 1. The molecule has 2 N–H and O–H groups in total. The molecule has 18 heavy (non-hydrogen) atoms. The molecule has 0 aliphatic carbocycles. The summed E-state index contributed by atoms with van der Waals surface area (Å²) in [6.07, 6.45) is 1.40. The molecule has 0 bridgehead atoms. The topological polar surface area (TPSA) is 62.0 Å². The van der Waals surface area contributed by atoms with Gasteiger partial charge in [-0.05, 0) is 36.8 Å². The zero-order chi connectivity index (χ0) is 13.1. The maximum absolute atomic E-state index is 13.1. The summed E-state index contributed by atoms with van der Waals surface area (Å²) in [6.45, 7) is 1.61. The largest absolute Gasteiger partial charge is 0.329 e. The van der Waals surface area contributed by atoms with Gasteiger partial charge in [0.05, 0.1) is 0 Å². The molecule has 2 aromatic rings. The van der Waals surface area contributed by atoms with Gasteiger partial charge in [-0.15, -0.1) is 0 Å². The van der Waals surface area contributed by atoms with Crippen LogP contribution in [0.3, 0.4) is 0 Å². The third-order valence-corrected chi connectivity index (χ3v) is 2.45. The number of pyridine rings is 1. The van der Waals surface area contributed by atoms with Gasteiger partial charge in [0.25, 0.3) is 5.91 Å². The van der Waals surface area contributed by atoms with Crippen LogP contribution in [0, 0.1) is 12.7 Å². The Balaban J connectivity index is 2.21. The number of amides is 1. The molecule has 2 rings (SSSR count). The fraction of sp³-hybridized carbons (Fsp3) is 0.0769. The number of benzene rings is 1. The van der Waals surface area contributed by atoms with Gasteiger partial charge in [0.15, 0.2) is 0 Å². The van der Waals surface area contributed by atoms with E-state index in [2.05, 4.69) is 10.3 Å². The van der Waals surface area contributed by atoms with Crippen LogP contribution < -0.4 is 10.9 Å². The summed E-state index contributed by atoms with van der Waals surface area (Å²) in [7, 11) is 0. The molecule has 0 atom stereocenters. The van der Waals surface area contributed by atoms with Gasteiger partial charge in [-0.1, -0.05) is 0 Å². The molecule has 5 heteroatoms. The van der Waals surface area contributed by atoms with Crippen LogP contribution in [-0.2, 0) is 0 Å². The van der Waals surface area contributed by atoms with Crippen molar-refractivity contribution in [2.75, 3.05) is 5.32 Å². The molecular formula is C13H11FN2O2. The standard InChI is InChI=1S/C13H11FN2O2/c1-8-6-10(2-3-11(8)14)16-13(18)9-4-5-15-12(17)7-9/h2-7H,1H3,(H,15,17)(H,16,18). The molecule has 4 nitrogen and oxygen atoms in total. The Morgan fingerprint density at radius 1 is 1.28 bits per heavy atom. The first-order valence-corrected chi connectivity index (χ1v) is 5.32. The number of carbonyl (C=O) groups excluding carboxylic acids is 1. The highest BCUT2D eigenvalue weighted by Crippen LogP contribution is 2.14. The van der Waals surface area contributed by atoms with Gasteiger partial charge >= 0.3 is 0 Å². The summed E-state index contributed by atoms with van der Waals surface area (Å²) in [5, 5.41) is 2.60. The SMILES string of the molecule is Cc1cc(NC(=O)c2cc[nH]c(=O)c2)ccc1F. The molecule has 1 aromatic heterocycles. The number of aromatic amines is 1. The molecule has 1 heterocycles. The van der Waals surface area contributed by atoms with Crippen molar-refractivity contribution < 1.29 is 9.18 Å². The van der Waals surface area contributed by atoms with E-state index in [1.54, 1.807) is 6.92 Å². The molecule has 0 saturated carbocycles. The first-order chi connectivity index (χ1) is 8.56. The molecule has 0 spiro atoms. The summed E-state index contributed by atoms with van der Waals surface area (Å²) in [5.74, 6) is -0.740. The first kappa shape index (κ1) is 12.0. The fourth-order valence-corrected chi connectivity index (χ4v) is 1.51. The average Bonchev–Trinajstić information content (AvgIpc) is 2.34.